The Morgan fingerprint density at radius 2 is 1.93 bits per heavy atom. The number of likely N-dealkylation sites (N-methyl/N-ethyl adjacent to an activating group) is 1. The van der Waals surface area contributed by atoms with E-state index in [-0.39, 0.29) is 11.7 Å². The van der Waals surface area contributed by atoms with E-state index in [1.807, 2.05) is 32.3 Å². The summed E-state index contributed by atoms with van der Waals surface area (Å²) in [4.78, 5) is 17.0. The van der Waals surface area contributed by atoms with Gasteiger partial charge in [-0.3, -0.25) is 9.78 Å². The molecule has 2 heterocycles. The number of hydrogen-bond donors (Lipinski definition) is 3. The van der Waals surface area contributed by atoms with Gasteiger partial charge in [-0.1, -0.05) is 0 Å². The molecule has 0 aliphatic carbocycles. The second-order valence-corrected chi connectivity index (χ2v) is 6.77. The number of phenolic OH excluding ortho intramolecular Hbond substituents is 1. The van der Waals surface area contributed by atoms with E-state index in [4.69, 9.17) is 0 Å². The van der Waals surface area contributed by atoms with Crippen molar-refractivity contribution in [1.29, 1.82) is 0 Å². The largest absolute Gasteiger partial charge is 0.508 e. The van der Waals surface area contributed by atoms with Crippen molar-refractivity contribution in [2.24, 2.45) is 7.05 Å². The van der Waals surface area contributed by atoms with Crippen LogP contribution in [-0.4, -0.2) is 40.7 Å². The van der Waals surface area contributed by atoms with Gasteiger partial charge in [0.15, 0.2) is 0 Å². The molecular weight excluding hydrogens is 340 g/mol. The topological polar surface area (TPSA) is 79.2 Å². The number of carbonyl (C=O) groups is 1. The van der Waals surface area contributed by atoms with Crippen LogP contribution in [0.2, 0.25) is 0 Å². The highest BCUT2D eigenvalue weighted by atomic mass is 16.3. The molecule has 27 heavy (non-hydrogen) atoms. The molecule has 6 nitrogen and oxygen atoms in total. The first-order valence-electron chi connectivity index (χ1n) is 8.95. The number of benzene rings is 2. The van der Waals surface area contributed by atoms with Crippen molar-refractivity contribution in [1.82, 2.24) is 20.2 Å². The normalized spacial score (nSPS) is 11.5. The molecule has 138 valence electrons. The molecule has 0 fully saturated rings. The highest BCUT2D eigenvalue weighted by Crippen LogP contribution is 2.36. The fourth-order valence-corrected chi connectivity index (χ4v) is 3.84. The fraction of sp³-hybridized carbons (Fsp3) is 0.238. The third kappa shape index (κ3) is 2.69. The third-order valence-corrected chi connectivity index (χ3v) is 5.14. The molecule has 2 aromatic heterocycles. The van der Waals surface area contributed by atoms with Crippen LogP contribution >= 0.6 is 0 Å². The van der Waals surface area contributed by atoms with Gasteiger partial charge < -0.3 is 20.3 Å². The first-order valence-corrected chi connectivity index (χ1v) is 8.95. The molecule has 4 rings (SSSR count). The molecule has 0 aliphatic rings. The van der Waals surface area contributed by atoms with E-state index >= 15 is 0 Å². The van der Waals surface area contributed by atoms with Crippen molar-refractivity contribution in [3.63, 3.8) is 0 Å². The summed E-state index contributed by atoms with van der Waals surface area (Å²) in [5.41, 5.74) is 3.64. The van der Waals surface area contributed by atoms with E-state index in [0.29, 0.717) is 18.8 Å². The van der Waals surface area contributed by atoms with E-state index in [1.165, 1.54) is 0 Å². The van der Waals surface area contributed by atoms with Crippen molar-refractivity contribution in [2.75, 3.05) is 20.1 Å². The average Bonchev–Trinajstić information content (AvgIpc) is 2.93. The van der Waals surface area contributed by atoms with Crippen LogP contribution in [0.3, 0.4) is 0 Å². The Kier molecular flexibility index (Phi) is 4.20. The molecule has 0 atom stereocenters. The molecule has 0 spiro atoms. The summed E-state index contributed by atoms with van der Waals surface area (Å²) in [5, 5.41) is 19.7. The molecule has 0 saturated heterocycles. The van der Waals surface area contributed by atoms with Crippen LogP contribution in [-0.2, 0) is 7.05 Å². The van der Waals surface area contributed by atoms with Gasteiger partial charge in [0.05, 0.1) is 5.52 Å². The number of pyridine rings is 1. The van der Waals surface area contributed by atoms with Crippen LogP contribution in [0.15, 0.2) is 36.5 Å². The van der Waals surface area contributed by atoms with Crippen molar-refractivity contribution in [2.45, 2.75) is 6.92 Å². The van der Waals surface area contributed by atoms with Crippen LogP contribution in [0.5, 0.6) is 5.75 Å². The number of rotatable bonds is 4. The Labute approximate surface area is 156 Å². The maximum absolute atomic E-state index is 12.7. The van der Waals surface area contributed by atoms with Gasteiger partial charge in [-0.25, -0.2) is 0 Å². The van der Waals surface area contributed by atoms with Crippen molar-refractivity contribution in [3.8, 4) is 5.75 Å². The van der Waals surface area contributed by atoms with Gasteiger partial charge in [-0.2, -0.15) is 0 Å². The van der Waals surface area contributed by atoms with Crippen molar-refractivity contribution >= 4 is 38.5 Å². The summed E-state index contributed by atoms with van der Waals surface area (Å²) in [6.45, 7) is 3.30. The molecule has 0 saturated carbocycles. The minimum atomic E-state index is -0.183. The maximum Gasteiger partial charge on any atom is 0.270 e. The van der Waals surface area contributed by atoms with Crippen molar-refractivity contribution < 1.29 is 9.90 Å². The van der Waals surface area contributed by atoms with Crippen LogP contribution in [0.1, 0.15) is 16.1 Å². The van der Waals surface area contributed by atoms with Gasteiger partial charge in [-0.05, 0) is 55.3 Å². The van der Waals surface area contributed by atoms with Gasteiger partial charge in [0.25, 0.3) is 5.91 Å². The van der Waals surface area contributed by atoms with Gasteiger partial charge in [0.2, 0.25) is 0 Å². The number of amides is 1. The summed E-state index contributed by atoms with van der Waals surface area (Å²) < 4.78 is 2.13. The van der Waals surface area contributed by atoms with Crippen molar-refractivity contribution in [3.05, 3.63) is 47.8 Å². The summed E-state index contributed by atoms with van der Waals surface area (Å²) in [7, 11) is 3.87. The lowest BCUT2D eigenvalue weighted by Crippen LogP contribution is -2.31. The molecule has 0 bridgehead atoms. The zero-order chi connectivity index (χ0) is 19.1. The number of hydrogen-bond acceptors (Lipinski definition) is 4. The number of carbonyl (C=O) groups excluding carboxylic acids is 1. The predicted molar refractivity (Wildman–Crippen MR) is 108 cm³/mol. The predicted octanol–water partition coefficient (Wildman–Crippen LogP) is 2.84. The Hall–Kier alpha value is -3.12. The number of aromatic hydroxyl groups is 1. The van der Waals surface area contributed by atoms with Crippen LogP contribution in [0.25, 0.3) is 32.6 Å². The monoisotopic (exact) mass is 362 g/mol. The van der Waals surface area contributed by atoms with Gasteiger partial charge in [0.1, 0.15) is 11.4 Å². The SMILES string of the molecule is CNCCNC(=O)c1nccc2c(C)c3c(cc12)c1cc(O)ccc1n3C. The van der Waals surface area contributed by atoms with E-state index in [1.54, 1.807) is 18.3 Å². The number of nitrogens with one attached hydrogen (secondary N) is 2. The van der Waals surface area contributed by atoms with E-state index in [2.05, 4.69) is 27.1 Å². The number of aryl methyl sites for hydroxylation is 2. The minimum absolute atomic E-state index is 0.183. The molecule has 1 amide bonds. The molecule has 2 aromatic carbocycles. The minimum Gasteiger partial charge on any atom is -0.508 e. The summed E-state index contributed by atoms with van der Waals surface area (Å²) in [6.07, 6.45) is 1.68. The lowest BCUT2D eigenvalue weighted by molar-refractivity contribution is 0.0951. The second kappa shape index (κ2) is 6.55. The molecular formula is C21H22N4O2. The van der Waals surface area contributed by atoms with Gasteiger partial charge in [-0.15, -0.1) is 0 Å². The van der Waals surface area contributed by atoms with E-state index in [0.717, 1.165) is 38.1 Å². The second-order valence-electron chi connectivity index (χ2n) is 6.77. The van der Waals surface area contributed by atoms with E-state index < -0.39 is 0 Å². The molecule has 3 N–H and O–H groups in total. The first kappa shape index (κ1) is 17.3. The number of nitrogens with zero attached hydrogens (tertiary/aromatic N) is 2. The quantitative estimate of drug-likeness (QED) is 0.488. The Balaban J connectivity index is 2.01. The van der Waals surface area contributed by atoms with Crippen LogP contribution < -0.4 is 10.6 Å². The summed E-state index contributed by atoms with van der Waals surface area (Å²) in [6, 6.07) is 9.34. The molecule has 6 heteroatoms. The smallest absolute Gasteiger partial charge is 0.270 e. The molecule has 4 aromatic rings. The lowest BCUT2D eigenvalue weighted by atomic mass is 10.00. The number of aromatic nitrogens is 2. The standard InChI is InChI=1S/C21H22N4O2/c1-12-14-6-7-23-19(21(27)24-9-8-22-2)16(14)11-17-15-10-13(26)4-5-18(15)25(3)20(12)17/h4-7,10-11,22,26H,8-9H2,1-3H3,(H,24,27). The summed E-state index contributed by atoms with van der Waals surface area (Å²) in [5.74, 6) is 0.0432. The average molecular weight is 362 g/mol. The summed E-state index contributed by atoms with van der Waals surface area (Å²) >= 11 is 0. The number of fused-ring (bicyclic) bond motifs is 4. The number of phenols is 1. The highest BCUT2D eigenvalue weighted by Gasteiger charge is 2.18. The van der Waals surface area contributed by atoms with E-state index in [9.17, 15) is 9.90 Å². The zero-order valence-electron chi connectivity index (χ0n) is 15.6. The van der Waals surface area contributed by atoms with Crippen LogP contribution in [0.4, 0.5) is 0 Å². The molecule has 0 aliphatic heterocycles. The van der Waals surface area contributed by atoms with Gasteiger partial charge >= 0.3 is 0 Å². The third-order valence-electron chi connectivity index (χ3n) is 5.14. The maximum atomic E-state index is 12.7. The Morgan fingerprint density at radius 3 is 2.70 bits per heavy atom. The fourth-order valence-electron chi connectivity index (χ4n) is 3.84. The van der Waals surface area contributed by atoms with Gasteiger partial charge in [0, 0.05) is 48.0 Å². The highest BCUT2D eigenvalue weighted by molar-refractivity contribution is 6.17. The first-order chi connectivity index (χ1) is 13.0. The Bertz CT molecular complexity index is 1190. The zero-order valence-corrected chi connectivity index (χ0v) is 15.6. The van der Waals surface area contributed by atoms with Crippen LogP contribution in [0, 0.1) is 6.92 Å². The molecule has 0 radical (unpaired) electrons. The lowest BCUT2D eigenvalue weighted by Gasteiger charge is -2.11. The molecule has 0 unspecified atom stereocenters. The Morgan fingerprint density at radius 1 is 1.11 bits per heavy atom.